The Morgan fingerprint density at radius 1 is 1.62 bits per heavy atom. The zero-order valence-electron chi connectivity index (χ0n) is 8.72. The van der Waals surface area contributed by atoms with Gasteiger partial charge < -0.3 is 10.1 Å². The SMILES string of the molecule is O=C(CC1CNCCO1)Nc1nccnn1. The van der Waals surface area contributed by atoms with Crippen molar-refractivity contribution < 1.29 is 9.53 Å². The lowest BCUT2D eigenvalue weighted by atomic mass is 10.2. The first kappa shape index (κ1) is 10.9. The number of amides is 1. The molecule has 0 radical (unpaired) electrons. The van der Waals surface area contributed by atoms with Crippen LogP contribution in [-0.4, -0.2) is 46.9 Å². The first-order valence-corrected chi connectivity index (χ1v) is 5.10. The van der Waals surface area contributed by atoms with Crippen LogP contribution in [0.4, 0.5) is 5.95 Å². The van der Waals surface area contributed by atoms with Crippen LogP contribution < -0.4 is 10.6 Å². The molecule has 0 spiro atoms. The van der Waals surface area contributed by atoms with Crippen LogP contribution in [0.1, 0.15) is 6.42 Å². The molecular formula is C9H13N5O2. The number of anilines is 1. The molecule has 2 rings (SSSR count). The van der Waals surface area contributed by atoms with Gasteiger partial charge in [-0.2, -0.15) is 5.10 Å². The number of carbonyl (C=O) groups is 1. The topological polar surface area (TPSA) is 89.0 Å². The van der Waals surface area contributed by atoms with Crippen molar-refractivity contribution in [2.24, 2.45) is 0 Å². The van der Waals surface area contributed by atoms with E-state index < -0.39 is 0 Å². The highest BCUT2D eigenvalue weighted by molar-refractivity contribution is 5.89. The molecule has 2 heterocycles. The van der Waals surface area contributed by atoms with Gasteiger partial charge >= 0.3 is 0 Å². The fourth-order valence-electron chi connectivity index (χ4n) is 1.44. The number of ether oxygens (including phenoxy) is 1. The van der Waals surface area contributed by atoms with Crippen molar-refractivity contribution in [2.75, 3.05) is 25.0 Å². The van der Waals surface area contributed by atoms with Crippen molar-refractivity contribution in [3.63, 3.8) is 0 Å². The van der Waals surface area contributed by atoms with Crippen molar-refractivity contribution in [2.45, 2.75) is 12.5 Å². The molecule has 0 bridgehead atoms. The van der Waals surface area contributed by atoms with Crippen LogP contribution in [0.5, 0.6) is 0 Å². The highest BCUT2D eigenvalue weighted by Gasteiger charge is 2.17. The Balaban J connectivity index is 1.80. The second kappa shape index (κ2) is 5.47. The molecule has 7 nitrogen and oxygen atoms in total. The third-order valence-electron chi connectivity index (χ3n) is 2.15. The van der Waals surface area contributed by atoms with Gasteiger partial charge in [-0.05, 0) is 0 Å². The van der Waals surface area contributed by atoms with Crippen molar-refractivity contribution in [1.82, 2.24) is 20.5 Å². The average Bonchev–Trinajstić information content (AvgIpc) is 2.31. The van der Waals surface area contributed by atoms with Gasteiger partial charge in [0.25, 0.3) is 0 Å². The third kappa shape index (κ3) is 3.21. The van der Waals surface area contributed by atoms with Gasteiger partial charge in [0.05, 0.1) is 31.5 Å². The number of carbonyl (C=O) groups excluding carboxylic acids is 1. The second-order valence-corrected chi connectivity index (χ2v) is 3.42. The van der Waals surface area contributed by atoms with Gasteiger partial charge in [-0.3, -0.25) is 10.1 Å². The minimum absolute atomic E-state index is 0.0783. The van der Waals surface area contributed by atoms with Gasteiger partial charge in [-0.25, -0.2) is 4.98 Å². The molecule has 1 amide bonds. The molecule has 0 aromatic carbocycles. The van der Waals surface area contributed by atoms with E-state index in [9.17, 15) is 4.79 Å². The van der Waals surface area contributed by atoms with Crippen LogP contribution in [0.15, 0.2) is 12.4 Å². The largest absolute Gasteiger partial charge is 0.375 e. The van der Waals surface area contributed by atoms with Crippen LogP contribution in [-0.2, 0) is 9.53 Å². The van der Waals surface area contributed by atoms with Crippen LogP contribution in [0.3, 0.4) is 0 Å². The summed E-state index contributed by atoms with van der Waals surface area (Å²) in [5, 5.41) is 13.0. The molecule has 0 aliphatic carbocycles. The van der Waals surface area contributed by atoms with E-state index in [-0.39, 0.29) is 18.0 Å². The number of rotatable bonds is 3. The highest BCUT2D eigenvalue weighted by Crippen LogP contribution is 2.03. The molecule has 1 saturated heterocycles. The molecule has 1 aromatic rings. The number of aromatic nitrogens is 3. The zero-order valence-corrected chi connectivity index (χ0v) is 8.72. The molecule has 1 unspecified atom stereocenters. The summed E-state index contributed by atoms with van der Waals surface area (Å²) < 4.78 is 5.41. The lowest BCUT2D eigenvalue weighted by Crippen LogP contribution is -2.40. The van der Waals surface area contributed by atoms with Crippen molar-refractivity contribution >= 4 is 11.9 Å². The molecule has 86 valence electrons. The summed E-state index contributed by atoms with van der Waals surface area (Å²) >= 11 is 0. The van der Waals surface area contributed by atoms with Crippen LogP contribution in [0.2, 0.25) is 0 Å². The number of nitrogens with zero attached hydrogens (tertiary/aromatic N) is 3. The Morgan fingerprint density at radius 3 is 3.25 bits per heavy atom. The summed E-state index contributed by atoms with van der Waals surface area (Å²) in [5.74, 6) is 0.0537. The number of morpholine rings is 1. The van der Waals surface area contributed by atoms with Crippen molar-refractivity contribution in [3.05, 3.63) is 12.4 Å². The van der Waals surface area contributed by atoms with Crippen LogP contribution >= 0.6 is 0 Å². The molecule has 7 heteroatoms. The monoisotopic (exact) mass is 223 g/mol. The van der Waals surface area contributed by atoms with Gasteiger partial charge in [0, 0.05) is 13.1 Å². The maximum Gasteiger partial charge on any atom is 0.249 e. The lowest BCUT2D eigenvalue weighted by molar-refractivity contribution is -0.119. The standard InChI is InChI=1S/C9H13N5O2/c15-8(5-7-6-10-3-4-16-7)13-9-11-1-2-12-14-9/h1-2,7,10H,3-6H2,(H,11,13,14,15). The number of hydrogen-bond acceptors (Lipinski definition) is 6. The fraction of sp³-hybridized carbons (Fsp3) is 0.556. The Hall–Kier alpha value is -1.60. The van der Waals surface area contributed by atoms with Crippen LogP contribution in [0.25, 0.3) is 0 Å². The van der Waals surface area contributed by atoms with Gasteiger partial charge in [-0.15, -0.1) is 5.10 Å². The molecule has 1 aliphatic heterocycles. The van der Waals surface area contributed by atoms with Gasteiger partial charge in [-0.1, -0.05) is 0 Å². The van der Waals surface area contributed by atoms with Gasteiger partial charge in [0.15, 0.2) is 0 Å². The molecule has 1 aromatic heterocycles. The minimum atomic E-state index is -0.165. The van der Waals surface area contributed by atoms with E-state index in [4.69, 9.17) is 4.74 Å². The van der Waals surface area contributed by atoms with Crippen LogP contribution in [0, 0.1) is 0 Å². The summed E-state index contributed by atoms with van der Waals surface area (Å²) in [4.78, 5) is 15.4. The maximum absolute atomic E-state index is 11.6. The van der Waals surface area contributed by atoms with E-state index >= 15 is 0 Å². The Labute approximate surface area is 92.6 Å². The molecule has 1 atom stereocenters. The Kier molecular flexibility index (Phi) is 3.73. The Bertz CT molecular complexity index is 339. The van der Waals surface area contributed by atoms with Crippen molar-refractivity contribution in [1.29, 1.82) is 0 Å². The Morgan fingerprint density at radius 2 is 2.56 bits per heavy atom. The molecule has 1 aliphatic rings. The summed E-state index contributed by atoms with van der Waals surface area (Å²) in [7, 11) is 0. The molecule has 16 heavy (non-hydrogen) atoms. The quantitative estimate of drug-likeness (QED) is 0.696. The highest BCUT2D eigenvalue weighted by atomic mass is 16.5. The molecule has 2 N–H and O–H groups in total. The van der Waals surface area contributed by atoms with E-state index in [2.05, 4.69) is 25.8 Å². The van der Waals surface area contributed by atoms with Crippen molar-refractivity contribution in [3.8, 4) is 0 Å². The number of hydrogen-bond donors (Lipinski definition) is 2. The summed E-state index contributed by atoms with van der Waals surface area (Å²) in [5.41, 5.74) is 0. The van der Waals surface area contributed by atoms with E-state index in [0.717, 1.165) is 6.54 Å². The average molecular weight is 223 g/mol. The minimum Gasteiger partial charge on any atom is -0.375 e. The predicted molar refractivity (Wildman–Crippen MR) is 55.7 cm³/mol. The zero-order chi connectivity index (χ0) is 11.2. The van der Waals surface area contributed by atoms with E-state index in [1.165, 1.54) is 12.4 Å². The summed E-state index contributed by atoms with van der Waals surface area (Å²) in [6.45, 7) is 2.17. The number of nitrogens with one attached hydrogen (secondary N) is 2. The first-order chi connectivity index (χ1) is 7.84. The molecular weight excluding hydrogens is 210 g/mol. The molecule has 0 saturated carbocycles. The first-order valence-electron chi connectivity index (χ1n) is 5.10. The van der Waals surface area contributed by atoms with E-state index in [0.29, 0.717) is 19.6 Å². The molecule has 1 fully saturated rings. The van der Waals surface area contributed by atoms with Gasteiger partial charge in [0.1, 0.15) is 0 Å². The smallest absolute Gasteiger partial charge is 0.249 e. The maximum atomic E-state index is 11.6. The normalized spacial score (nSPS) is 20.4. The lowest BCUT2D eigenvalue weighted by Gasteiger charge is -2.22. The fourth-order valence-corrected chi connectivity index (χ4v) is 1.44. The third-order valence-corrected chi connectivity index (χ3v) is 2.15. The summed E-state index contributed by atoms with van der Waals surface area (Å²) in [6.07, 6.45) is 3.14. The summed E-state index contributed by atoms with van der Waals surface area (Å²) in [6, 6.07) is 0. The second-order valence-electron chi connectivity index (χ2n) is 3.42. The van der Waals surface area contributed by atoms with E-state index in [1.54, 1.807) is 0 Å². The predicted octanol–water partition coefficient (Wildman–Crippen LogP) is -0.811. The van der Waals surface area contributed by atoms with Gasteiger partial charge in [0.2, 0.25) is 11.9 Å². The van der Waals surface area contributed by atoms with E-state index in [1.807, 2.05) is 0 Å².